The van der Waals surface area contributed by atoms with Crippen molar-refractivity contribution >= 4 is 0 Å². The van der Waals surface area contributed by atoms with E-state index in [0.717, 1.165) is 32.7 Å². The Kier molecular flexibility index (Phi) is 7.01. The first kappa shape index (κ1) is 13.3. The lowest BCUT2D eigenvalue weighted by Gasteiger charge is -2.20. The topological polar surface area (TPSA) is 24.9 Å². The summed E-state index contributed by atoms with van der Waals surface area (Å²) >= 11 is 0. The van der Waals surface area contributed by atoms with E-state index in [1.54, 1.807) is 0 Å². The van der Waals surface area contributed by atoms with Crippen LogP contribution in [0, 0.1) is 0 Å². The summed E-state index contributed by atoms with van der Waals surface area (Å²) in [6.07, 6.45) is 7.51. The molecule has 0 unspecified atom stereocenters. The third-order valence-electron chi connectivity index (χ3n) is 2.36. The zero-order valence-corrected chi connectivity index (χ0v) is 10.5. The zero-order chi connectivity index (χ0) is 11.6. The number of hydrogen-bond donors (Lipinski definition) is 0. The van der Waals surface area contributed by atoms with Crippen molar-refractivity contribution < 1.29 is 9.47 Å². The summed E-state index contributed by atoms with van der Waals surface area (Å²) in [6.45, 7) is 8.20. The van der Waals surface area contributed by atoms with Gasteiger partial charge in [0, 0.05) is 25.6 Å². The van der Waals surface area contributed by atoms with Gasteiger partial charge in [0.05, 0.1) is 6.67 Å². The summed E-state index contributed by atoms with van der Waals surface area (Å²) in [5, 5.41) is 0. The van der Waals surface area contributed by atoms with Crippen molar-refractivity contribution in [1.82, 2.24) is 9.80 Å². The Hall–Kier alpha value is -0.740. The van der Waals surface area contributed by atoms with Gasteiger partial charge in [-0.05, 0) is 12.8 Å². The van der Waals surface area contributed by atoms with E-state index in [-0.39, 0.29) is 0 Å². The van der Waals surface area contributed by atoms with E-state index in [9.17, 15) is 0 Å². The Labute approximate surface area is 98.8 Å². The van der Waals surface area contributed by atoms with Crippen LogP contribution >= 0.6 is 0 Å². The van der Waals surface area contributed by atoms with Gasteiger partial charge < -0.3 is 19.3 Å². The lowest BCUT2D eigenvalue weighted by Crippen LogP contribution is -2.28. The highest BCUT2D eigenvalue weighted by molar-refractivity contribution is 4.88. The minimum absolute atomic E-state index is 0.676. The quantitative estimate of drug-likeness (QED) is 0.565. The first-order valence-electron chi connectivity index (χ1n) is 6.18. The smallest absolute Gasteiger partial charge is 0.119 e. The SMILES string of the molecule is CCCCOCN1C=CN(COCCC)C1. The van der Waals surface area contributed by atoms with Gasteiger partial charge in [0.1, 0.15) is 13.5 Å². The summed E-state index contributed by atoms with van der Waals surface area (Å²) in [5.41, 5.74) is 0. The fourth-order valence-corrected chi connectivity index (χ4v) is 1.44. The second kappa shape index (κ2) is 8.42. The maximum absolute atomic E-state index is 5.54. The molecule has 0 aromatic heterocycles. The molecule has 0 spiro atoms. The maximum Gasteiger partial charge on any atom is 0.119 e. The Balaban J connectivity index is 2.00. The third kappa shape index (κ3) is 5.37. The van der Waals surface area contributed by atoms with Crippen LogP contribution in [0.4, 0.5) is 0 Å². The van der Waals surface area contributed by atoms with E-state index in [2.05, 4.69) is 36.0 Å². The second-order valence-electron chi connectivity index (χ2n) is 4.05. The predicted molar refractivity (Wildman–Crippen MR) is 64.5 cm³/mol. The molecule has 0 bridgehead atoms. The molecule has 0 amide bonds. The molecular weight excluding hydrogens is 204 g/mol. The summed E-state index contributed by atoms with van der Waals surface area (Å²) in [7, 11) is 0. The normalized spacial score (nSPS) is 15.1. The summed E-state index contributed by atoms with van der Waals surface area (Å²) in [6, 6.07) is 0. The average molecular weight is 228 g/mol. The standard InChI is InChI=1S/C12H24N2O2/c1-3-5-9-16-12-14-7-6-13(10-14)11-15-8-4-2/h6-7H,3-5,8-12H2,1-2H3. The first-order chi connectivity index (χ1) is 7.86. The van der Waals surface area contributed by atoms with Gasteiger partial charge in [-0.3, -0.25) is 0 Å². The van der Waals surface area contributed by atoms with E-state index in [1.165, 1.54) is 6.42 Å². The van der Waals surface area contributed by atoms with Crippen molar-refractivity contribution in [1.29, 1.82) is 0 Å². The molecule has 1 aliphatic heterocycles. The molecule has 4 nitrogen and oxygen atoms in total. The molecule has 0 saturated carbocycles. The molecule has 0 aromatic rings. The monoisotopic (exact) mass is 228 g/mol. The van der Waals surface area contributed by atoms with Crippen LogP contribution in [-0.4, -0.2) is 43.1 Å². The van der Waals surface area contributed by atoms with Crippen molar-refractivity contribution in [2.75, 3.05) is 33.3 Å². The highest BCUT2D eigenvalue weighted by atomic mass is 16.5. The molecule has 1 aliphatic rings. The Morgan fingerprint density at radius 1 is 0.938 bits per heavy atom. The van der Waals surface area contributed by atoms with Crippen LogP contribution in [0.5, 0.6) is 0 Å². The predicted octanol–water partition coefficient (Wildman–Crippen LogP) is 2.19. The fraction of sp³-hybridized carbons (Fsp3) is 0.833. The van der Waals surface area contributed by atoms with Crippen LogP contribution in [0.1, 0.15) is 33.1 Å². The van der Waals surface area contributed by atoms with E-state index in [4.69, 9.17) is 9.47 Å². The average Bonchev–Trinajstić information content (AvgIpc) is 2.73. The minimum atomic E-state index is 0.676. The van der Waals surface area contributed by atoms with Crippen molar-refractivity contribution in [3.8, 4) is 0 Å². The van der Waals surface area contributed by atoms with Gasteiger partial charge in [0.2, 0.25) is 0 Å². The van der Waals surface area contributed by atoms with Gasteiger partial charge in [-0.15, -0.1) is 0 Å². The van der Waals surface area contributed by atoms with Gasteiger partial charge in [0.25, 0.3) is 0 Å². The van der Waals surface area contributed by atoms with Crippen LogP contribution in [0.25, 0.3) is 0 Å². The van der Waals surface area contributed by atoms with Gasteiger partial charge in [-0.25, -0.2) is 0 Å². The van der Waals surface area contributed by atoms with Crippen LogP contribution in [0.2, 0.25) is 0 Å². The molecule has 16 heavy (non-hydrogen) atoms. The maximum atomic E-state index is 5.54. The molecule has 0 aromatic carbocycles. The Morgan fingerprint density at radius 3 is 2.12 bits per heavy atom. The molecule has 0 fully saturated rings. The van der Waals surface area contributed by atoms with Crippen LogP contribution in [0.15, 0.2) is 12.4 Å². The van der Waals surface area contributed by atoms with Gasteiger partial charge >= 0.3 is 0 Å². The first-order valence-corrected chi connectivity index (χ1v) is 6.18. The van der Waals surface area contributed by atoms with E-state index in [1.807, 2.05) is 0 Å². The number of unbranched alkanes of at least 4 members (excludes halogenated alkanes) is 1. The minimum Gasteiger partial charge on any atom is -0.361 e. The Bertz CT molecular complexity index is 197. The number of nitrogens with zero attached hydrogens (tertiary/aromatic N) is 2. The van der Waals surface area contributed by atoms with Crippen LogP contribution < -0.4 is 0 Å². The molecule has 0 N–H and O–H groups in total. The van der Waals surface area contributed by atoms with E-state index in [0.29, 0.717) is 13.5 Å². The highest BCUT2D eigenvalue weighted by Gasteiger charge is 2.11. The summed E-state index contributed by atoms with van der Waals surface area (Å²) < 4.78 is 11.0. The van der Waals surface area contributed by atoms with Crippen molar-refractivity contribution in [2.24, 2.45) is 0 Å². The molecule has 1 heterocycles. The lowest BCUT2D eigenvalue weighted by atomic mass is 10.4. The molecule has 0 radical (unpaired) electrons. The molecule has 0 aliphatic carbocycles. The van der Waals surface area contributed by atoms with E-state index < -0.39 is 0 Å². The van der Waals surface area contributed by atoms with Gasteiger partial charge in [0.15, 0.2) is 0 Å². The number of ether oxygens (including phenoxy) is 2. The molecule has 94 valence electrons. The third-order valence-corrected chi connectivity index (χ3v) is 2.36. The second-order valence-corrected chi connectivity index (χ2v) is 4.05. The molecule has 1 rings (SSSR count). The van der Waals surface area contributed by atoms with Crippen molar-refractivity contribution in [3.05, 3.63) is 12.4 Å². The van der Waals surface area contributed by atoms with Gasteiger partial charge in [-0.2, -0.15) is 0 Å². The number of hydrogen-bond acceptors (Lipinski definition) is 4. The van der Waals surface area contributed by atoms with Crippen LogP contribution in [0.3, 0.4) is 0 Å². The summed E-state index contributed by atoms with van der Waals surface area (Å²) in [5.74, 6) is 0. The molecular formula is C12H24N2O2. The number of rotatable bonds is 9. The Morgan fingerprint density at radius 2 is 1.56 bits per heavy atom. The van der Waals surface area contributed by atoms with Gasteiger partial charge in [-0.1, -0.05) is 20.3 Å². The highest BCUT2D eigenvalue weighted by Crippen LogP contribution is 2.06. The molecule has 4 heteroatoms. The zero-order valence-electron chi connectivity index (χ0n) is 10.5. The summed E-state index contributed by atoms with van der Waals surface area (Å²) in [4.78, 5) is 4.28. The van der Waals surface area contributed by atoms with Crippen molar-refractivity contribution in [2.45, 2.75) is 33.1 Å². The molecule has 0 atom stereocenters. The largest absolute Gasteiger partial charge is 0.361 e. The molecule has 0 saturated heterocycles. The fourth-order valence-electron chi connectivity index (χ4n) is 1.44. The van der Waals surface area contributed by atoms with E-state index >= 15 is 0 Å². The van der Waals surface area contributed by atoms with Crippen LogP contribution in [-0.2, 0) is 9.47 Å². The lowest BCUT2D eigenvalue weighted by molar-refractivity contribution is 0.0110. The van der Waals surface area contributed by atoms with Crippen molar-refractivity contribution in [3.63, 3.8) is 0 Å².